The Balaban J connectivity index is 0.00000988. The van der Waals surface area contributed by atoms with E-state index in [4.69, 9.17) is 29.5 Å². The first-order valence-electron chi connectivity index (χ1n) is 22.3. The number of fused-ring (bicyclic) bond motifs is 2. The van der Waals surface area contributed by atoms with E-state index in [1.165, 1.54) is 24.5 Å². The van der Waals surface area contributed by atoms with Gasteiger partial charge >= 0.3 is 52.5 Å². The summed E-state index contributed by atoms with van der Waals surface area (Å²) in [5.41, 5.74) is 3.51. The molecule has 3 aromatic rings. The average molecular weight is 1120 g/mol. The number of primary sulfonamides is 1. The maximum atomic E-state index is 12.9. The summed E-state index contributed by atoms with van der Waals surface area (Å²) < 4.78 is 52.0. The van der Waals surface area contributed by atoms with Crippen molar-refractivity contribution in [2.24, 2.45) is 11.0 Å². The Bertz CT molecular complexity index is 2850. The monoisotopic (exact) mass is 1120 g/mol. The summed E-state index contributed by atoms with van der Waals surface area (Å²) in [7, 11) is -12.8. The fourth-order valence-corrected chi connectivity index (χ4v) is 11.5. The number of benzene rings is 2. The number of hydrogen-bond donors (Lipinski definition) is 8. The second-order valence-electron chi connectivity index (χ2n) is 17.5. The number of anilines is 1. The molecule has 0 saturated carbocycles. The van der Waals surface area contributed by atoms with E-state index in [1.807, 2.05) is 49.4 Å². The minimum absolute atomic E-state index is 0. The summed E-state index contributed by atoms with van der Waals surface area (Å²) in [6.07, 6.45) is 12.7. The molecule has 23 nitrogen and oxygen atoms in total. The number of aromatic amines is 1. The van der Waals surface area contributed by atoms with Gasteiger partial charge in [0.1, 0.15) is 18.9 Å². The minimum Gasteiger partial charge on any atom is -0.786 e. The Morgan fingerprint density at radius 1 is 1.03 bits per heavy atom. The van der Waals surface area contributed by atoms with E-state index >= 15 is 0 Å². The largest absolute Gasteiger partial charge is 1.00 e. The van der Waals surface area contributed by atoms with Crippen molar-refractivity contribution >= 4 is 76.9 Å². The molecule has 3 aliphatic heterocycles. The van der Waals surface area contributed by atoms with Crippen molar-refractivity contribution in [2.75, 3.05) is 24.6 Å². The molecule has 1 saturated heterocycles. The van der Waals surface area contributed by atoms with Crippen LogP contribution >= 0.6 is 37.8 Å². The summed E-state index contributed by atoms with van der Waals surface area (Å²) >= 11 is 0.999. The first kappa shape index (κ1) is 60.9. The van der Waals surface area contributed by atoms with Crippen molar-refractivity contribution in [3.8, 4) is 0 Å². The predicted molar refractivity (Wildman–Crippen MR) is 269 cm³/mol. The molecule has 3 unspecified atom stereocenters. The van der Waals surface area contributed by atoms with Crippen molar-refractivity contribution in [3.05, 3.63) is 122 Å². The van der Waals surface area contributed by atoms with Crippen LogP contribution in [0.15, 0.2) is 104 Å². The third kappa shape index (κ3) is 15.4. The minimum atomic E-state index is -3.87. The van der Waals surface area contributed by atoms with Crippen LogP contribution in [0.3, 0.4) is 0 Å². The fraction of sp³-hybridized carbons (Fsp3) is 0.409. The molecule has 1 aromatic heterocycles. The molecule has 6 atom stereocenters. The van der Waals surface area contributed by atoms with E-state index in [9.17, 15) is 42.6 Å². The molecule has 0 bridgehead atoms. The topological polar surface area (TPSA) is 336 Å². The number of likely N-dealkylation sites (N-methyl/N-ethyl adjacent to an activating group) is 1. The third-order valence-corrected chi connectivity index (χ3v) is 16.3. The van der Waals surface area contributed by atoms with Crippen LogP contribution in [-0.2, 0) is 52.9 Å². The van der Waals surface area contributed by atoms with Gasteiger partial charge in [0.05, 0.1) is 49.2 Å². The zero-order valence-corrected chi connectivity index (χ0v) is 47.1. The van der Waals surface area contributed by atoms with Gasteiger partial charge in [0.25, 0.3) is 5.56 Å². The van der Waals surface area contributed by atoms with Crippen molar-refractivity contribution in [1.82, 2.24) is 14.9 Å². The van der Waals surface area contributed by atoms with Gasteiger partial charge in [0.15, 0.2) is 5.71 Å². The first-order chi connectivity index (χ1) is 34.1. The standard InChI is InChI=1S/C44H58N7O16P3S2.Na/c1-6-49-33-19-17-30(72(46,60)61)24-32(33)44(4,5)37(49)13-9-7-10-14-38-43(2,3)31-23-29(71-65-64-45)16-18-34(31)50(38)22-12-8-11-15-39(53)47-21-20-28-26-51(42(55)48-41(28)54)40-25-35(52)36(63-40)27-62-69(58)67-70(59)66-68(56)57;/h7,9-10,13-14,16-21,23-24,26,35-36,40,52,56,58-59H,6,8,11-12,15,22,25,27,45H2,1-5H3,(H,47,53)(H2,46,60,61)(H,48,54,55);/q;+1/b21-20+;/t35-,36-,40-,69?,70?;/m1./s1. The number of allylic oxidation sites excluding steroid dienone is 6. The number of unbranched alkanes of at least 4 members (excludes halogenated alkanes) is 2. The Hall–Kier alpha value is -2.91. The quantitative estimate of drug-likeness (QED) is 0.00915. The number of H-pyrrole nitrogens is 1. The molecule has 1 amide bonds. The summed E-state index contributed by atoms with van der Waals surface area (Å²) in [6.45, 7) is 11.3. The van der Waals surface area contributed by atoms with Crippen LogP contribution in [0.4, 0.5) is 11.4 Å². The summed E-state index contributed by atoms with van der Waals surface area (Å²) in [5.74, 6) is 4.81. The number of ether oxygens (including phenoxy) is 1. The van der Waals surface area contributed by atoms with Gasteiger partial charge in [-0.05, 0) is 81.7 Å². The molecule has 4 heterocycles. The predicted octanol–water partition coefficient (Wildman–Crippen LogP) is 1.27. The van der Waals surface area contributed by atoms with Crippen LogP contribution in [0.2, 0.25) is 0 Å². The summed E-state index contributed by atoms with van der Waals surface area (Å²) in [5, 5.41) is 18.6. The van der Waals surface area contributed by atoms with Crippen LogP contribution in [0, 0.1) is 0 Å². The normalized spacial score (nSPS) is 21.1. The van der Waals surface area contributed by atoms with Crippen LogP contribution < -0.4 is 67.0 Å². The third-order valence-electron chi connectivity index (χ3n) is 12.2. The molecule has 10 N–H and O–H groups in total. The van der Waals surface area contributed by atoms with Gasteiger partial charge in [0, 0.05) is 77.6 Å². The number of nitrogens with one attached hydrogen (secondary N) is 2. The summed E-state index contributed by atoms with van der Waals surface area (Å²) in [4.78, 5) is 86.3. The number of carbonyl (C=O) groups is 1. The molecular formula is C44H58N7NaO16P3S2+. The van der Waals surface area contributed by atoms with Crippen LogP contribution in [-0.4, -0.2) is 85.9 Å². The molecule has 392 valence electrons. The van der Waals surface area contributed by atoms with E-state index in [2.05, 4.69) is 67.2 Å². The van der Waals surface area contributed by atoms with E-state index in [0.717, 1.165) is 61.8 Å². The molecular weight excluding hydrogens is 1060 g/mol. The number of hydrogen-bond acceptors (Lipinski definition) is 19. The molecule has 73 heavy (non-hydrogen) atoms. The van der Waals surface area contributed by atoms with Gasteiger partial charge < -0.3 is 44.2 Å². The van der Waals surface area contributed by atoms with Crippen LogP contribution in [0.25, 0.3) is 6.08 Å². The number of amides is 1. The van der Waals surface area contributed by atoms with Crippen molar-refractivity contribution in [1.29, 1.82) is 0 Å². The number of sulfonamides is 1. The molecule has 29 heteroatoms. The molecule has 3 aliphatic rings. The van der Waals surface area contributed by atoms with Crippen LogP contribution in [0.5, 0.6) is 0 Å². The van der Waals surface area contributed by atoms with Gasteiger partial charge in [-0.2, -0.15) is 10.5 Å². The number of aliphatic hydroxyl groups excluding tert-OH is 1. The molecule has 2 aromatic carbocycles. The van der Waals surface area contributed by atoms with Gasteiger partial charge in [-0.15, -0.1) is 9.32 Å². The maximum absolute atomic E-state index is 12.9. The van der Waals surface area contributed by atoms with Crippen LogP contribution in [0.1, 0.15) is 89.6 Å². The second kappa shape index (κ2) is 26.9. The van der Waals surface area contributed by atoms with Gasteiger partial charge in [-0.1, -0.05) is 32.1 Å². The zero-order valence-electron chi connectivity index (χ0n) is 40.8. The van der Waals surface area contributed by atoms with E-state index in [0.29, 0.717) is 25.9 Å². The Kier molecular flexibility index (Phi) is 22.5. The smallest absolute Gasteiger partial charge is 0.786 e. The van der Waals surface area contributed by atoms with E-state index in [-0.39, 0.29) is 58.8 Å². The molecule has 1 fully saturated rings. The molecule has 6 rings (SSSR count). The fourth-order valence-electron chi connectivity index (χ4n) is 8.73. The van der Waals surface area contributed by atoms with Crippen molar-refractivity contribution in [2.45, 2.75) is 106 Å². The molecule has 0 spiro atoms. The number of carbonyl (C=O) groups excluding carboxylic acids is 1. The number of aliphatic hydroxyl groups is 1. The average Bonchev–Trinajstić information content (AvgIpc) is 3.86. The molecule has 0 radical (unpaired) electrons. The number of aromatic nitrogens is 2. The SMILES string of the molecule is CCN1\C(=C/C=C/C=C/C2=[N+](CCCCCC(=O)N/C=C/c3cn([C@H]4C[C@@H](O)[C@@H](COP(O)OP(O)OP([O-])O)O4)c(=O)[nH]c3=O)c3ccc(SOON)cc3C2(C)C)C(C)(C)c2cc(S(N)(=O)=O)ccc21.[Na+]. The zero-order chi connectivity index (χ0) is 52.5. The van der Waals surface area contributed by atoms with E-state index in [1.54, 1.807) is 12.1 Å². The number of nitrogens with zero attached hydrogens (tertiary/aromatic N) is 3. The number of nitrogens with two attached hydrogens (primary N) is 2. The molecule has 0 aliphatic carbocycles. The Morgan fingerprint density at radius 2 is 1.78 bits per heavy atom. The second-order valence-corrected chi connectivity index (χ2v) is 22.9. The van der Waals surface area contributed by atoms with Gasteiger partial charge in [0.2, 0.25) is 21.6 Å². The Morgan fingerprint density at radius 3 is 2.48 bits per heavy atom. The van der Waals surface area contributed by atoms with Crippen molar-refractivity contribution < 1.29 is 99.2 Å². The Labute approximate surface area is 452 Å². The van der Waals surface area contributed by atoms with Gasteiger partial charge in [-0.25, -0.2) is 22.7 Å². The van der Waals surface area contributed by atoms with Crippen molar-refractivity contribution in [3.63, 3.8) is 0 Å². The number of rotatable bonds is 24. The van der Waals surface area contributed by atoms with E-state index < -0.39 is 83.0 Å². The maximum Gasteiger partial charge on any atom is 1.00 e. The summed E-state index contributed by atoms with van der Waals surface area (Å²) in [6, 6.07) is 11.0. The first-order valence-corrected chi connectivity index (χ1v) is 28.0. The van der Waals surface area contributed by atoms with Gasteiger partial charge in [-0.3, -0.25) is 23.5 Å².